The van der Waals surface area contributed by atoms with Gasteiger partial charge in [-0.25, -0.2) is 9.78 Å². The third kappa shape index (κ3) is 10.8. The minimum atomic E-state index is -0.921. The first-order chi connectivity index (χ1) is 32.2. The molecule has 1 aliphatic heterocycles. The first-order valence-corrected chi connectivity index (χ1v) is 22.4. The van der Waals surface area contributed by atoms with Crippen LogP contribution < -0.4 is 21.8 Å². The van der Waals surface area contributed by atoms with Crippen LogP contribution in [0.25, 0.3) is 44.1 Å². The summed E-state index contributed by atoms with van der Waals surface area (Å²) in [5, 5.41) is 40.7. The first kappa shape index (κ1) is 44.6. The van der Waals surface area contributed by atoms with Crippen molar-refractivity contribution in [3.8, 4) is 22.5 Å². The Labute approximate surface area is 385 Å². The lowest BCUT2D eigenvalue weighted by atomic mass is 10.0. The molecule has 5 N–H and O–H groups in total. The highest BCUT2D eigenvalue weighted by molar-refractivity contribution is 6.05. The van der Waals surface area contributed by atoms with Crippen molar-refractivity contribution in [2.24, 2.45) is 11.8 Å². The number of epoxide rings is 1. The average molecular weight is 901 g/mol. The number of H-pyrrole nitrogens is 2. The van der Waals surface area contributed by atoms with E-state index in [9.17, 15) is 24.3 Å². The summed E-state index contributed by atoms with van der Waals surface area (Å²) in [6, 6.07) is 30.0. The number of benzene rings is 4. The summed E-state index contributed by atoms with van der Waals surface area (Å²) >= 11 is 0. The molecule has 2 amide bonds. The zero-order chi connectivity index (χ0) is 46.9. The van der Waals surface area contributed by atoms with Crippen LogP contribution in [0.3, 0.4) is 0 Å². The number of aromatic amines is 2. The van der Waals surface area contributed by atoms with E-state index in [4.69, 9.17) is 9.84 Å². The molecular weight excluding hydrogens is 849 g/mol. The number of fused-ring (bicyclic) bond motifs is 2. The van der Waals surface area contributed by atoms with E-state index in [1.165, 1.54) is 42.8 Å². The minimum Gasteiger partial charge on any atom is -0.389 e. The van der Waals surface area contributed by atoms with Crippen LogP contribution in [-0.2, 0) is 11.3 Å². The van der Waals surface area contributed by atoms with Gasteiger partial charge >= 0.3 is 0 Å². The number of nitrogens with zero attached hydrogens (tertiary/aromatic N) is 6. The molecule has 16 heteroatoms. The number of amides is 2. The minimum absolute atomic E-state index is 0.0112. The number of ether oxygens (including phenoxy) is 1. The predicted octanol–water partition coefficient (Wildman–Crippen LogP) is 8.01. The van der Waals surface area contributed by atoms with Gasteiger partial charge in [0.25, 0.3) is 22.9 Å². The van der Waals surface area contributed by atoms with Crippen LogP contribution in [0.1, 0.15) is 80.1 Å². The maximum atomic E-state index is 13.4. The van der Waals surface area contributed by atoms with E-state index in [0.717, 1.165) is 34.2 Å². The van der Waals surface area contributed by atoms with Crippen LogP contribution >= 0.6 is 0 Å². The fourth-order valence-electron chi connectivity index (χ4n) is 7.93. The Hall–Kier alpha value is -7.56. The van der Waals surface area contributed by atoms with Gasteiger partial charge in [0.05, 0.1) is 76.1 Å². The maximum Gasteiger partial charge on any atom is 0.274 e. The van der Waals surface area contributed by atoms with Gasteiger partial charge in [-0.15, -0.1) is 0 Å². The monoisotopic (exact) mass is 900 g/mol. The van der Waals surface area contributed by atoms with Crippen molar-refractivity contribution in [1.82, 2.24) is 40.0 Å². The molecule has 4 aromatic carbocycles. The fourth-order valence-corrected chi connectivity index (χ4v) is 7.93. The lowest BCUT2D eigenvalue weighted by Gasteiger charge is -2.20. The molecule has 3 aliphatic rings. The molecule has 0 unspecified atom stereocenters. The molecule has 5 heterocycles. The van der Waals surface area contributed by atoms with Crippen molar-refractivity contribution < 1.29 is 19.4 Å². The standard InChI is InChI=1S/C25H23N5O2.C22H21N5O3.C4H8O/c31-24(18-13-26-27-14-18)28-19-11-9-15(10-12-19)22-20-3-1-2-4-21(20)25(32)30(29-22)23(16-5-6-16)17-7-8-17;1-22(2,30)13-27-12-15(11-23-27)20(28)24-16-9-7-14(8-10-16)19-17-5-3-4-6-18(17)21(29)26-25-19;1-4(2)3-5-4/h1-4,9-14,16-17,23H,5-8H2,(H,26,27)(H,28,31);3-12,30H,13H2,1-2H3,(H,24,28)(H,26,29);3H2,1-2H3. The van der Waals surface area contributed by atoms with Gasteiger partial charge in [-0.2, -0.15) is 20.4 Å². The second kappa shape index (κ2) is 18.4. The molecule has 0 bridgehead atoms. The van der Waals surface area contributed by atoms with Crippen molar-refractivity contribution in [1.29, 1.82) is 0 Å². The molecule has 16 nitrogen and oxygen atoms in total. The molecule has 1 saturated heterocycles. The van der Waals surface area contributed by atoms with Crippen LogP contribution in [0.15, 0.2) is 131 Å². The summed E-state index contributed by atoms with van der Waals surface area (Å²) in [6.45, 7) is 8.74. The number of carbonyl (C=O) groups excluding carboxylic acids is 2. The van der Waals surface area contributed by atoms with Crippen molar-refractivity contribution in [3.05, 3.63) is 154 Å². The van der Waals surface area contributed by atoms with Crippen LogP contribution in [0.2, 0.25) is 0 Å². The van der Waals surface area contributed by atoms with Crippen LogP contribution in [0.4, 0.5) is 11.4 Å². The van der Waals surface area contributed by atoms with E-state index in [1.54, 1.807) is 49.1 Å². The van der Waals surface area contributed by atoms with Gasteiger partial charge in [-0.1, -0.05) is 60.7 Å². The summed E-state index contributed by atoms with van der Waals surface area (Å²) in [6.07, 6.45) is 10.8. The second-order valence-electron chi connectivity index (χ2n) is 18.6. The quantitative estimate of drug-likeness (QED) is 0.0788. The van der Waals surface area contributed by atoms with E-state index in [2.05, 4.69) is 50.0 Å². The highest BCUT2D eigenvalue weighted by Crippen LogP contribution is 2.51. The molecular formula is C51H52N10O6. The number of rotatable bonds is 11. The highest BCUT2D eigenvalue weighted by Gasteiger charge is 2.44. The van der Waals surface area contributed by atoms with Gasteiger partial charge in [0.1, 0.15) is 0 Å². The van der Waals surface area contributed by atoms with Gasteiger partial charge in [-0.05, 0) is 102 Å². The Morgan fingerprint density at radius 2 is 1.30 bits per heavy atom. The normalized spacial score (nSPS) is 15.0. The fraction of sp³-hybridized carbons (Fsp3) is 0.294. The van der Waals surface area contributed by atoms with Crippen LogP contribution in [-0.4, -0.2) is 74.7 Å². The number of anilines is 2. The van der Waals surface area contributed by atoms with Crippen molar-refractivity contribution in [2.45, 2.75) is 77.2 Å². The zero-order valence-electron chi connectivity index (χ0n) is 37.7. The third-order valence-corrected chi connectivity index (χ3v) is 11.8. The topological polar surface area (TPSA) is 218 Å². The molecule has 2 saturated carbocycles. The van der Waals surface area contributed by atoms with E-state index < -0.39 is 5.60 Å². The van der Waals surface area contributed by atoms with Gasteiger partial charge in [0.15, 0.2) is 0 Å². The summed E-state index contributed by atoms with van der Waals surface area (Å²) in [5.74, 6) is 0.627. The Morgan fingerprint density at radius 1 is 0.776 bits per heavy atom. The van der Waals surface area contributed by atoms with E-state index in [-0.39, 0.29) is 41.1 Å². The molecule has 342 valence electrons. The summed E-state index contributed by atoms with van der Waals surface area (Å²) in [7, 11) is 0. The van der Waals surface area contributed by atoms with Crippen molar-refractivity contribution in [2.75, 3.05) is 17.2 Å². The molecule has 2 aliphatic carbocycles. The highest BCUT2D eigenvalue weighted by atomic mass is 16.6. The lowest BCUT2D eigenvalue weighted by molar-refractivity contribution is 0.0576. The lowest BCUT2D eigenvalue weighted by Crippen LogP contribution is -2.30. The molecule has 0 spiro atoms. The van der Waals surface area contributed by atoms with Crippen LogP contribution in [0, 0.1) is 11.8 Å². The van der Waals surface area contributed by atoms with Gasteiger partial charge in [0.2, 0.25) is 0 Å². The predicted molar refractivity (Wildman–Crippen MR) is 257 cm³/mol. The zero-order valence-corrected chi connectivity index (χ0v) is 37.7. The molecule has 4 aromatic heterocycles. The third-order valence-electron chi connectivity index (χ3n) is 11.8. The summed E-state index contributed by atoms with van der Waals surface area (Å²) in [4.78, 5) is 50.1. The number of aliphatic hydroxyl groups is 1. The smallest absolute Gasteiger partial charge is 0.274 e. The van der Waals surface area contributed by atoms with Gasteiger partial charge < -0.3 is 20.5 Å². The number of nitrogens with one attached hydrogen (secondary N) is 4. The Balaban J connectivity index is 0.000000152. The summed E-state index contributed by atoms with van der Waals surface area (Å²) < 4.78 is 8.21. The Bertz CT molecular complexity index is 3160. The summed E-state index contributed by atoms with van der Waals surface area (Å²) in [5.41, 5.74) is 4.49. The van der Waals surface area contributed by atoms with E-state index in [0.29, 0.717) is 50.8 Å². The number of carbonyl (C=O) groups is 2. The maximum absolute atomic E-state index is 13.4. The van der Waals surface area contributed by atoms with Gasteiger partial charge in [0, 0.05) is 45.7 Å². The molecule has 67 heavy (non-hydrogen) atoms. The van der Waals surface area contributed by atoms with E-state index in [1.807, 2.05) is 78.9 Å². The molecule has 3 fully saturated rings. The SMILES string of the molecule is CC(C)(O)Cn1cc(C(=O)Nc2ccc(-c3n[nH]c(=O)c4ccccc34)cc2)cn1.CC1(C)CO1.O=C(Nc1ccc(-c2nn(C(C3CC3)C3CC3)c(=O)c3ccccc23)cc1)c1cn[nH]c1. The Morgan fingerprint density at radius 3 is 1.82 bits per heavy atom. The Kier molecular flexibility index (Phi) is 12.2. The number of hydrogen-bond acceptors (Lipinski definition) is 10. The second-order valence-corrected chi connectivity index (χ2v) is 18.6. The first-order valence-electron chi connectivity index (χ1n) is 22.4. The largest absolute Gasteiger partial charge is 0.389 e. The van der Waals surface area contributed by atoms with Crippen LogP contribution in [0.5, 0.6) is 0 Å². The van der Waals surface area contributed by atoms with E-state index >= 15 is 0 Å². The van der Waals surface area contributed by atoms with Crippen molar-refractivity contribution >= 4 is 44.7 Å². The molecule has 0 atom stereocenters. The molecule has 11 rings (SSSR count). The average Bonchev–Trinajstić information content (AvgIpc) is 4.30. The number of aromatic nitrogens is 8. The van der Waals surface area contributed by atoms with Crippen molar-refractivity contribution in [3.63, 3.8) is 0 Å². The molecule has 0 radical (unpaired) electrons. The number of hydrogen-bond donors (Lipinski definition) is 5. The molecule has 8 aromatic rings. The van der Waals surface area contributed by atoms with Gasteiger partial charge in [-0.3, -0.25) is 29.0 Å².